The highest BCUT2D eigenvalue weighted by Gasteiger charge is 2.31. The molecule has 0 saturated carbocycles. The lowest BCUT2D eigenvalue weighted by Gasteiger charge is -2.12. The monoisotopic (exact) mass is 486 g/mol. The Labute approximate surface area is 172 Å². The Bertz CT molecular complexity index is 1130. The number of amides is 1. The number of hydrogen-bond donors (Lipinski definition) is 2. The molecule has 3 rings (SSSR count). The van der Waals surface area contributed by atoms with Crippen molar-refractivity contribution in [3.8, 4) is 0 Å². The molecule has 7 nitrogen and oxygen atoms in total. The van der Waals surface area contributed by atoms with Crippen LogP contribution in [-0.4, -0.2) is 40.3 Å². The van der Waals surface area contributed by atoms with Crippen LogP contribution >= 0.6 is 15.9 Å². The summed E-state index contributed by atoms with van der Waals surface area (Å²) in [5.41, 5.74) is 1.72. The molecule has 1 aliphatic heterocycles. The van der Waals surface area contributed by atoms with Gasteiger partial charge in [-0.15, -0.1) is 0 Å². The molecule has 1 fully saturated rings. The van der Waals surface area contributed by atoms with E-state index in [1.54, 1.807) is 12.1 Å². The molecule has 1 atom stereocenters. The fraction of sp³-hybridized carbons (Fsp3) is 0.278. The number of sulfonamides is 1. The molecule has 10 heteroatoms. The van der Waals surface area contributed by atoms with E-state index in [-0.39, 0.29) is 28.4 Å². The number of carbonyl (C=O) groups is 1. The van der Waals surface area contributed by atoms with Crippen LogP contribution in [0.1, 0.15) is 22.3 Å². The molecule has 150 valence electrons. The van der Waals surface area contributed by atoms with Crippen LogP contribution < -0.4 is 10.0 Å². The zero-order valence-corrected chi connectivity index (χ0v) is 18.2. The second-order valence-electron chi connectivity index (χ2n) is 6.67. The minimum atomic E-state index is -3.94. The normalized spacial score (nSPS) is 18.7. The van der Waals surface area contributed by atoms with E-state index in [2.05, 4.69) is 26.0 Å². The first-order valence-corrected chi connectivity index (χ1v) is 12.6. The van der Waals surface area contributed by atoms with E-state index < -0.39 is 31.8 Å². The first-order valence-electron chi connectivity index (χ1n) is 8.46. The number of rotatable bonds is 5. The van der Waals surface area contributed by atoms with E-state index >= 15 is 0 Å². The predicted molar refractivity (Wildman–Crippen MR) is 111 cm³/mol. The van der Waals surface area contributed by atoms with E-state index in [0.717, 1.165) is 10.0 Å². The quantitative estimate of drug-likeness (QED) is 0.674. The maximum Gasteiger partial charge on any atom is 0.255 e. The Morgan fingerprint density at radius 3 is 2.57 bits per heavy atom. The van der Waals surface area contributed by atoms with Gasteiger partial charge in [0.1, 0.15) is 0 Å². The topological polar surface area (TPSA) is 109 Å². The first-order chi connectivity index (χ1) is 13.1. The number of benzene rings is 2. The van der Waals surface area contributed by atoms with Crippen molar-refractivity contribution in [3.63, 3.8) is 0 Å². The first kappa shape index (κ1) is 21.0. The van der Waals surface area contributed by atoms with Crippen molar-refractivity contribution in [1.29, 1.82) is 0 Å². The number of anilines is 1. The molecular formula is C18H19BrN2O5S2. The summed E-state index contributed by atoms with van der Waals surface area (Å²) in [6, 6.07) is 10.3. The number of carbonyl (C=O) groups excluding carboxylic acids is 1. The Balaban J connectivity index is 1.77. The van der Waals surface area contributed by atoms with Gasteiger partial charge in [-0.2, -0.15) is 0 Å². The Morgan fingerprint density at radius 2 is 1.93 bits per heavy atom. The fourth-order valence-corrected chi connectivity index (χ4v) is 6.25. The maximum atomic E-state index is 12.6. The van der Waals surface area contributed by atoms with Gasteiger partial charge in [0, 0.05) is 21.8 Å². The summed E-state index contributed by atoms with van der Waals surface area (Å²) in [5.74, 6) is -0.688. The SMILES string of the molecule is Cc1cc(NC(=O)c2cccc(S(=O)(=O)NC3CCS(=O)(=O)C3)c2)ccc1Br. The lowest BCUT2D eigenvalue weighted by molar-refractivity contribution is 0.102. The van der Waals surface area contributed by atoms with Gasteiger partial charge in [-0.1, -0.05) is 22.0 Å². The third-order valence-corrected chi connectivity index (χ3v) is 8.55. The standard InChI is InChI=1S/C18H19BrN2O5S2/c1-12-9-14(5-6-17(12)19)20-18(22)13-3-2-4-16(10-13)28(25,26)21-15-7-8-27(23,24)11-15/h2-6,9-10,15,21H,7-8,11H2,1H3,(H,20,22). The second kappa shape index (κ2) is 7.94. The van der Waals surface area contributed by atoms with Gasteiger partial charge in [0.05, 0.1) is 16.4 Å². The lowest BCUT2D eigenvalue weighted by atomic mass is 10.2. The van der Waals surface area contributed by atoms with Crippen molar-refractivity contribution < 1.29 is 21.6 Å². The summed E-state index contributed by atoms with van der Waals surface area (Å²) in [6.07, 6.45) is 0.241. The minimum Gasteiger partial charge on any atom is -0.322 e. The smallest absolute Gasteiger partial charge is 0.255 e. The van der Waals surface area contributed by atoms with Crippen LogP contribution in [-0.2, 0) is 19.9 Å². The minimum absolute atomic E-state index is 0.0325. The molecule has 0 radical (unpaired) electrons. The Morgan fingerprint density at radius 1 is 1.18 bits per heavy atom. The predicted octanol–water partition coefficient (Wildman–Crippen LogP) is 2.48. The average molecular weight is 487 g/mol. The molecule has 1 amide bonds. The zero-order valence-electron chi connectivity index (χ0n) is 15.0. The molecular weight excluding hydrogens is 468 g/mol. The van der Waals surface area contributed by atoms with Crippen molar-refractivity contribution in [2.75, 3.05) is 16.8 Å². The summed E-state index contributed by atoms with van der Waals surface area (Å²) >= 11 is 3.39. The highest BCUT2D eigenvalue weighted by atomic mass is 79.9. The number of aryl methyl sites for hydroxylation is 1. The molecule has 2 N–H and O–H groups in total. The molecule has 0 aliphatic carbocycles. The maximum absolute atomic E-state index is 12.6. The van der Waals surface area contributed by atoms with Gasteiger partial charge in [0.2, 0.25) is 10.0 Å². The Hall–Kier alpha value is -1.75. The summed E-state index contributed by atoms with van der Waals surface area (Å²) in [5, 5.41) is 2.73. The van der Waals surface area contributed by atoms with E-state index in [0.29, 0.717) is 5.69 Å². The number of halogens is 1. The number of sulfone groups is 1. The van der Waals surface area contributed by atoms with Gasteiger partial charge in [0.15, 0.2) is 9.84 Å². The van der Waals surface area contributed by atoms with Crippen molar-refractivity contribution >= 4 is 47.4 Å². The van der Waals surface area contributed by atoms with Gasteiger partial charge in [-0.3, -0.25) is 4.79 Å². The molecule has 1 saturated heterocycles. The summed E-state index contributed by atoms with van der Waals surface area (Å²) in [4.78, 5) is 12.4. The third-order valence-electron chi connectivity index (χ3n) is 4.38. The molecule has 1 heterocycles. The van der Waals surface area contributed by atoms with E-state index in [4.69, 9.17) is 0 Å². The molecule has 2 aromatic rings. The van der Waals surface area contributed by atoms with Crippen molar-refractivity contribution in [2.45, 2.75) is 24.3 Å². The van der Waals surface area contributed by atoms with Crippen LogP contribution in [0.15, 0.2) is 51.8 Å². The van der Waals surface area contributed by atoms with Crippen LogP contribution in [0.25, 0.3) is 0 Å². The van der Waals surface area contributed by atoms with Crippen LogP contribution in [0.4, 0.5) is 5.69 Å². The van der Waals surface area contributed by atoms with Gasteiger partial charge < -0.3 is 5.32 Å². The van der Waals surface area contributed by atoms with E-state index in [9.17, 15) is 21.6 Å². The van der Waals surface area contributed by atoms with E-state index in [1.807, 2.05) is 13.0 Å². The average Bonchev–Trinajstić information content (AvgIpc) is 2.96. The van der Waals surface area contributed by atoms with Crippen LogP contribution in [0, 0.1) is 6.92 Å². The lowest BCUT2D eigenvalue weighted by Crippen LogP contribution is -2.35. The van der Waals surface area contributed by atoms with Gasteiger partial charge in [0.25, 0.3) is 5.91 Å². The van der Waals surface area contributed by atoms with E-state index in [1.165, 1.54) is 24.3 Å². The zero-order chi connectivity index (χ0) is 20.5. The van der Waals surface area contributed by atoms with Crippen molar-refractivity contribution in [3.05, 3.63) is 58.1 Å². The molecule has 28 heavy (non-hydrogen) atoms. The largest absolute Gasteiger partial charge is 0.322 e. The van der Waals surface area contributed by atoms with Crippen molar-refractivity contribution in [2.24, 2.45) is 0 Å². The molecule has 0 aromatic heterocycles. The number of hydrogen-bond acceptors (Lipinski definition) is 5. The number of nitrogens with one attached hydrogen (secondary N) is 2. The highest BCUT2D eigenvalue weighted by molar-refractivity contribution is 9.10. The van der Waals surface area contributed by atoms with Crippen molar-refractivity contribution in [1.82, 2.24) is 4.72 Å². The van der Waals surface area contributed by atoms with Gasteiger partial charge in [-0.25, -0.2) is 21.6 Å². The second-order valence-corrected chi connectivity index (χ2v) is 11.5. The molecule has 1 aliphatic rings. The van der Waals surface area contributed by atoms with Crippen LogP contribution in [0.2, 0.25) is 0 Å². The third kappa shape index (κ3) is 4.99. The fourth-order valence-electron chi connectivity index (χ4n) is 2.91. The highest BCUT2D eigenvalue weighted by Crippen LogP contribution is 2.21. The Kier molecular flexibility index (Phi) is 5.95. The molecule has 1 unspecified atom stereocenters. The van der Waals surface area contributed by atoms with Crippen LogP contribution in [0.5, 0.6) is 0 Å². The molecule has 0 bridgehead atoms. The van der Waals surface area contributed by atoms with Gasteiger partial charge in [-0.05, 0) is 55.3 Å². The summed E-state index contributed by atoms with van der Waals surface area (Å²) < 4.78 is 51.5. The molecule has 2 aromatic carbocycles. The molecule has 0 spiro atoms. The summed E-state index contributed by atoms with van der Waals surface area (Å²) in [6.45, 7) is 1.89. The summed E-state index contributed by atoms with van der Waals surface area (Å²) in [7, 11) is -7.14. The van der Waals surface area contributed by atoms with Gasteiger partial charge >= 0.3 is 0 Å². The van der Waals surface area contributed by atoms with Crippen LogP contribution in [0.3, 0.4) is 0 Å².